The van der Waals surface area contributed by atoms with Gasteiger partial charge < -0.3 is 29.7 Å². The van der Waals surface area contributed by atoms with Crippen LogP contribution in [-0.4, -0.2) is 69.6 Å². The first-order valence-electron chi connectivity index (χ1n) is 12.2. The fourth-order valence-corrected chi connectivity index (χ4v) is 5.95. The molecule has 0 radical (unpaired) electrons. The van der Waals surface area contributed by atoms with E-state index >= 15 is 0 Å². The van der Waals surface area contributed by atoms with Crippen molar-refractivity contribution in [2.75, 3.05) is 18.5 Å². The first-order valence-corrected chi connectivity index (χ1v) is 12.2. The Balaban J connectivity index is 1.17. The number of nitrogens with zero attached hydrogens (tertiary/aromatic N) is 2. The molecule has 3 N–H and O–H groups in total. The second-order valence-electron chi connectivity index (χ2n) is 10.3. The van der Waals surface area contributed by atoms with Crippen LogP contribution in [0.2, 0.25) is 0 Å². The van der Waals surface area contributed by atoms with Gasteiger partial charge in [0.2, 0.25) is 0 Å². The van der Waals surface area contributed by atoms with Crippen LogP contribution in [0.1, 0.15) is 57.1 Å². The summed E-state index contributed by atoms with van der Waals surface area (Å²) in [6, 6.07) is -1.02. The fraction of sp³-hybridized carbons (Fsp3) is 0.826. The third kappa shape index (κ3) is 4.90. The van der Waals surface area contributed by atoms with E-state index in [-0.39, 0.29) is 25.1 Å². The summed E-state index contributed by atoms with van der Waals surface area (Å²) in [5, 5.41) is 24.3. The lowest BCUT2D eigenvalue weighted by Gasteiger charge is -2.43. The summed E-state index contributed by atoms with van der Waals surface area (Å²) in [6.07, 6.45) is 3.19. The number of ether oxygens (including phenoxy) is 3. The van der Waals surface area contributed by atoms with Crippen molar-refractivity contribution in [3.05, 3.63) is 18.1 Å². The van der Waals surface area contributed by atoms with E-state index in [2.05, 4.69) is 15.3 Å². The van der Waals surface area contributed by atoms with E-state index in [0.29, 0.717) is 12.1 Å². The molecule has 1 aromatic rings. The number of aliphatic hydroxyl groups excluding tert-OH is 2. The maximum atomic E-state index is 12.9. The van der Waals surface area contributed by atoms with Crippen molar-refractivity contribution in [3.63, 3.8) is 0 Å². The van der Waals surface area contributed by atoms with Crippen LogP contribution in [-0.2, 0) is 20.4 Å². The molecule has 8 nitrogen and oxygen atoms in total. The molecule has 2 saturated carbocycles. The Labute approximate surface area is 196 Å². The second kappa shape index (κ2) is 9.50. The minimum atomic E-state index is -4.65. The van der Waals surface area contributed by atoms with Crippen molar-refractivity contribution < 1.29 is 37.6 Å². The molecule has 190 valence electrons. The van der Waals surface area contributed by atoms with Gasteiger partial charge in [-0.15, -0.1) is 0 Å². The Morgan fingerprint density at radius 1 is 1.12 bits per heavy atom. The van der Waals surface area contributed by atoms with Crippen molar-refractivity contribution in [2.24, 2.45) is 11.8 Å². The van der Waals surface area contributed by atoms with E-state index in [1.54, 1.807) is 0 Å². The molecule has 2 aliphatic heterocycles. The van der Waals surface area contributed by atoms with Crippen LogP contribution >= 0.6 is 0 Å². The van der Waals surface area contributed by atoms with Crippen LogP contribution in [0.3, 0.4) is 0 Å². The molecular formula is C23H32F3N3O5. The van der Waals surface area contributed by atoms with E-state index in [9.17, 15) is 23.4 Å². The number of nitrogens with one attached hydrogen (secondary N) is 1. The van der Waals surface area contributed by atoms with Crippen molar-refractivity contribution in [2.45, 2.75) is 93.8 Å². The molecule has 2 bridgehead atoms. The Bertz CT molecular complexity index is 855. The number of aliphatic hydroxyl groups is 2. The molecule has 0 spiro atoms. The first-order chi connectivity index (χ1) is 16.2. The SMILES string of the molecule is O[C@@H]1[C@@H](Nc2cncc(C(F)(F)F)n2)[C@@H]2OC[C@](COC3CCC(CC4CCCC4)C3)(O2)[C@@H]1O. The zero-order chi connectivity index (χ0) is 23.9. The summed E-state index contributed by atoms with van der Waals surface area (Å²) < 4.78 is 56.6. The number of alkyl halides is 3. The van der Waals surface area contributed by atoms with Crippen molar-refractivity contribution in [1.82, 2.24) is 9.97 Å². The molecule has 3 heterocycles. The first kappa shape index (κ1) is 24.2. The third-order valence-electron chi connectivity index (χ3n) is 7.80. The van der Waals surface area contributed by atoms with Gasteiger partial charge in [-0.05, 0) is 37.5 Å². The second-order valence-corrected chi connectivity index (χ2v) is 10.3. The normalized spacial score (nSPS) is 38.5. The Kier molecular flexibility index (Phi) is 6.75. The van der Waals surface area contributed by atoms with Gasteiger partial charge in [-0.25, -0.2) is 4.98 Å². The predicted octanol–water partition coefficient (Wildman–Crippen LogP) is 2.89. The van der Waals surface area contributed by atoms with Gasteiger partial charge in [0.25, 0.3) is 0 Å². The highest BCUT2D eigenvalue weighted by Crippen LogP contribution is 2.41. The van der Waals surface area contributed by atoms with Crippen molar-refractivity contribution in [3.8, 4) is 0 Å². The summed E-state index contributed by atoms with van der Waals surface area (Å²) in [7, 11) is 0. The number of hydrogen-bond acceptors (Lipinski definition) is 8. The average molecular weight is 488 g/mol. The van der Waals surface area contributed by atoms with Crippen LogP contribution in [0.15, 0.2) is 12.4 Å². The van der Waals surface area contributed by atoms with Gasteiger partial charge in [-0.2, -0.15) is 13.2 Å². The van der Waals surface area contributed by atoms with Crippen LogP contribution in [0.5, 0.6) is 0 Å². The highest BCUT2D eigenvalue weighted by atomic mass is 19.4. The molecule has 11 heteroatoms. The zero-order valence-electron chi connectivity index (χ0n) is 18.9. The van der Waals surface area contributed by atoms with E-state index in [1.165, 1.54) is 32.1 Å². The molecule has 2 aliphatic carbocycles. The summed E-state index contributed by atoms with van der Waals surface area (Å²) in [5.74, 6) is 1.31. The maximum absolute atomic E-state index is 12.9. The zero-order valence-corrected chi connectivity index (χ0v) is 18.9. The molecule has 34 heavy (non-hydrogen) atoms. The van der Waals surface area contributed by atoms with Gasteiger partial charge in [0.1, 0.15) is 29.7 Å². The predicted molar refractivity (Wildman–Crippen MR) is 114 cm³/mol. The van der Waals surface area contributed by atoms with Gasteiger partial charge in [0.15, 0.2) is 12.0 Å². The largest absolute Gasteiger partial charge is 0.434 e. The molecule has 2 unspecified atom stereocenters. The van der Waals surface area contributed by atoms with E-state index in [1.807, 2.05) is 0 Å². The highest BCUT2D eigenvalue weighted by molar-refractivity contribution is 5.35. The van der Waals surface area contributed by atoms with Crippen LogP contribution in [0, 0.1) is 11.8 Å². The number of anilines is 1. The third-order valence-corrected chi connectivity index (χ3v) is 7.80. The molecule has 4 fully saturated rings. The van der Waals surface area contributed by atoms with E-state index in [4.69, 9.17) is 14.2 Å². The summed E-state index contributed by atoms with van der Waals surface area (Å²) >= 11 is 0. The van der Waals surface area contributed by atoms with Crippen LogP contribution in [0.4, 0.5) is 19.0 Å². The lowest BCUT2D eigenvalue weighted by Crippen LogP contribution is -2.64. The molecule has 0 amide bonds. The minimum absolute atomic E-state index is 0.0144. The molecule has 7 atom stereocenters. The standard InChI is InChI=1S/C23H32F3N3O5/c24-23(25,26)16-9-27-10-17(28-16)29-18-19(30)20(31)22(12-33-21(18)34-22)11-32-15-6-5-14(8-15)7-13-3-1-2-4-13/h9-10,13-15,18-21,30-31H,1-8,11-12H2,(H,28,29)/t14?,15?,18-,19-,20-,21-,22+/m1/s1. The van der Waals surface area contributed by atoms with E-state index in [0.717, 1.165) is 31.4 Å². The lowest BCUT2D eigenvalue weighted by atomic mass is 9.88. The molecule has 2 saturated heterocycles. The van der Waals surface area contributed by atoms with Crippen LogP contribution < -0.4 is 5.32 Å². The lowest BCUT2D eigenvalue weighted by molar-refractivity contribution is -0.233. The monoisotopic (exact) mass is 487 g/mol. The van der Waals surface area contributed by atoms with Gasteiger partial charge in [0, 0.05) is 0 Å². The molecule has 0 aromatic carbocycles. The number of rotatable bonds is 7. The fourth-order valence-electron chi connectivity index (χ4n) is 5.95. The highest BCUT2D eigenvalue weighted by Gasteiger charge is 2.59. The molecule has 4 aliphatic rings. The van der Waals surface area contributed by atoms with Gasteiger partial charge in [0.05, 0.1) is 31.7 Å². The molecular weight excluding hydrogens is 455 g/mol. The van der Waals surface area contributed by atoms with E-state index < -0.39 is 42.0 Å². The Morgan fingerprint density at radius 3 is 2.68 bits per heavy atom. The Hall–Kier alpha value is -1.53. The number of fused-ring (bicyclic) bond motifs is 2. The maximum Gasteiger partial charge on any atom is 0.434 e. The van der Waals surface area contributed by atoms with Crippen LogP contribution in [0.25, 0.3) is 0 Å². The summed E-state index contributed by atoms with van der Waals surface area (Å²) in [6.45, 7) is 0.0964. The summed E-state index contributed by atoms with van der Waals surface area (Å²) in [4.78, 5) is 7.06. The van der Waals surface area contributed by atoms with Gasteiger partial charge >= 0.3 is 6.18 Å². The smallest absolute Gasteiger partial charge is 0.388 e. The Morgan fingerprint density at radius 2 is 1.91 bits per heavy atom. The molecule has 5 rings (SSSR count). The minimum Gasteiger partial charge on any atom is -0.388 e. The molecule has 1 aromatic heterocycles. The summed E-state index contributed by atoms with van der Waals surface area (Å²) in [5.41, 5.74) is -2.38. The number of aromatic nitrogens is 2. The number of hydrogen-bond donors (Lipinski definition) is 3. The van der Waals surface area contributed by atoms with Gasteiger partial charge in [-0.3, -0.25) is 4.98 Å². The number of halogens is 3. The van der Waals surface area contributed by atoms with Gasteiger partial charge in [-0.1, -0.05) is 25.7 Å². The van der Waals surface area contributed by atoms with Crippen molar-refractivity contribution >= 4 is 5.82 Å². The quantitative estimate of drug-likeness (QED) is 0.539. The van der Waals surface area contributed by atoms with Crippen molar-refractivity contribution in [1.29, 1.82) is 0 Å². The topological polar surface area (TPSA) is 106 Å². The average Bonchev–Trinajstić information content (AvgIpc) is 3.56.